The molecule has 0 aromatic carbocycles. The van der Waals surface area contributed by atoms with Crippen LogP contribution in [0.4, 0.5) is 0 Å². The number of aromatic nitrogens is 4. The fraction of sp³-hybridized carbons (Fsp3) is 0.471. The number of hydrogen-bond donors (Lipinski definition) is 1. The molecule has 2 aromatic heterocycles. The molecule has 1 amide bonds. The number of piperidine rings is 1. The third-order valence-electron chi connectivity index (χ3n) is 4.83. The van der Waals surface area contributed by atoms with E-state index in [0.717, 1.165) is 10.3 Å². The summed E-state index contributed by atoms with van der Waals surface area (Å²) < 4.78 is 2.15. The highest BCUT2D eigenvalue weighted by Crippen LogP contribution is 2.26. The Hall–Kier alpha value is -2.97. The average Bonchev–Trinajstić information content (AvgIpc) is 2.62. The van der Waals surface area contributed by atoms with Gasteiger partial charge in [0.05, 0.1) is 5.69 Å². The Morgan fingerprint density at radius 1 is 1.12 bits per heavy atom. The van der Waals surface area contributed by atoms with Crippen LogP contribution in [0.2, 0.25) is 0 Å². The van der Waals surface area contributed by atoms with E-state index in [9.17, 15) is 19.2 Å². The van der Waals surface area contributed by atoms with Gasteiger partial charge in [0, 0.05) is 45.2 Å². The van der Waals surface area contributed by atoms with Crippen LogP contribution >= 0.6 is 0 Å². The highest BCUT2D eigenvalue weighted by molar-refractivity contribution is 5.92. The maximum atomic E-state index is 12.7. The molecule has 2 aromatic rings. The van der Waals surface area contributed by atoms with E-state index >= 15 is 0 Å². The summed E-state index contributed by atoms with van der Waals surface area (Å²) in [6.07, 6.45) is 1.33. The number of carbonyl (C=O) groups excluding carboxylic acids is 1. The zero-order valence-electron chi connectivity index (χ0n) is 15.0. The van der Waals surface area contributed by atoms with Gasteiger partial charge in [-0.3, -0.25) is 23.5 Å². The van der Waals surface area contributed by atoms with Gasteiger partial charge in [-0.1, -0.05) is 0 Å². The molecule has 9 nitrogen and oxygen atoms in total. The lowest BCUT2D eigenvalue weighted by molar-refractivity contribution is 0.0700. The topological polar surface area (TPSA) is 110 Å². The molecule has 0 radical (unpaired) electrons. The Balaban J connectivity index is 1.78. The van der Waals surface area contributed by atoms with E-state index in [4.69, 9.17) is 0 Å². The first-order chi connectivity index (χ1) is 12.3. The second-order valence-corrected chi connectivity index (χ2v) is 6.59. The fourth-order valence-electron chi connectivity index (χ4n) is 3.29. The minimum absolute atomic E-state index is 0.0849. The van der Waals surface area contributed by atoms with E-state index in [-0.39, 0.29) is 23.1 Å². The summed E-state index contributed by atoms with van der Waals surface area (Å²) in [7, 11) is 2.85. The number of aromatic amines is 1. The number of hydrogen-bond acceptors (Lipinski definition) is 5. The molecule has 1 aliphatic rings. The molecular formula is C17H21N5O4. The van der Waals surface area contributed by atoms with Gasteiger partial charge in [-0.25, -0.2) is 9.78 Å². The van der Waals surface area contributed by atoms with Gasteiger partial charge in [0.2, 0.25) is 0 Å². The lowest BCUT2D eigenvalue weighted by atomic mass is 9.93. The molecule has 1 N–H and O–H groups in total. The van der Waals surface area contributed by atoms with Crippen molar-refractivity contribution >= 4 is 5.91 Å². The molecule has 26 heavy (non-hydrogen) atoms. The normalized spacial score (nSPS) is 15.3. The van der Waals surface area contributed by atoms with Crippen LogP contribution in [-0.2, 0) is 14.1 Å². The van der Waals surface area contributed by atoms with Crippen molar-refractivity contribution in [3.63, 3.8) is 0 Å². The van der Waals surface area contributed by atoms with E-state index in [2.05, 4.69) is 9.97 Å². The zero-order valence-corrected chi connectivity index (χ0v) is 15.0. The van der Waals surface area contributed by atoms with Crippen molar-refractivity contribution in [2.45, 2.75) is 25.7 Å². The minimum Gasteiger partial charge on any atom is -0.337 e. The standard InChI is InChI=1S/C17H21N5O4/c1-10-18-12(8-14(23)19-10)11-4-6-22(7-5-11)16(25)13-9-15(24)21(3)17(26)20(13)2/h8-9,11H,4-7H2,1-3H3,(H,18,19,23). The Kier molecular flexibility index (Phi) is 4.62. The van der Waals surface area contributed by atoms with E-state index in [1.807, 2.05) is 0 Å². The molecule has 138 valence electrons. The molecule has 0 spiro atoms. The van der Waals surface area contributed by atoms with E-state index in [1.165, 1.54) is 30.8 Å². The Bertz CT molecular complexity index is 1020. The van der Waals surface area contributed by atoms with Gasteiger partial charge in [0.1, 0.15) is 11.5 Å². The van der Waals surface area contributed by atoms with Gasteiger partial charge in [0.15, 0.2) is 0 Å². The summed E-state index contributed by atoms with van der Waals surface area (Å²) in [4.78, 5) is 56.8. The number of likely N-dealkylation sites (tertiary alicyclic amines) is 1. The molecule has 1 aliphatic heterocycles. The summed E-state index contributed by atoms with van der Waals surface area (Å²) in [5.41, 5.74) is -0.393. The van der Waals surface area contributed by atoms with E-state index in [0.29, 0.717) is 31.8 Å². The molecular weight excluding hydrogens is 338 g/mol. The predicted molar refractivity (Wildman–Crippen MR) is 94.4 cm³/mol. The van der Waals surface area contributed by atoms with Gasteiger partial charge >= 0.3 is 5.69 Å². The molecule has 0 bridgehead atoms. The highest BCUT2D eigenvalue weighted by atomic mass is 16.2. The van der Waals surface area contributed by atoms with Crippen molar-refractivity contribution in [1.29, 1.82) is 0 Å². The first-order valence-electron chi connectivity index (χ1n) is 8.42. The molecule has 3 heterocycles. The smallest absolute Gasteiger partial charge is 0.331 e. The first-order valence-corrected chi connectivity index (χ1v) is 8.42. The van der Waals surface area contributed by atoms with Gasteiger partial charge in [-0.05, 0) is 19.8 Å². The number of nitrogens with zero attached hydrogens (tertiary/aromatic N) is 4. The highest BCUT2D eigenvalue weighted by Gasteiger charge is 2.27. The van der Waals surface area contributed by atoms with Crippen molar-refractivity contribution in [1.82, 2.24) is 24.0 Å². The monoisotopic (exact) mass is 359 g/mol. The van der Waals surface area contributed by atoms with Gasteiger partial charge in [0.25, 0.3) is 17.0 Å². The quantitative estimate of drug-likeness (QED) is 0.777. The summed E-state index contributed by atoms with van der Waals surface area (Å²) in [5, 5.41) is 0. The van der Waals surface area contributed by atoms with E-state index in [1.54, 1.807) is 11.8 Å². The largest absolute Gasteiger partial charge is 0.337 e. The average molecular weight is 359 g/mol. The number of H-pyrrole nitrogens is 1. The summed E-state index contributed by atoms with van der Waals surface area (Å²) in [6, 6.07) is 2.69. The van der Waals surface area contributed by atoms with Crippen LogP contribution in [0.25, 0.3) is 0 Å². The van der Waals surface area contributed by atoms with Crippen LogP contribution in [0.5, 0.6) is 0 Å². The van der Waals surface area contributed by atoms with Crippen molar-refractivity contribution in [2.75, 3.05) is 13.1 Å². The molecule has 3 rings (SSSR count). The molecule has 1 fully saturated rings. The second-order valence-electron chi connectivity index (χ2n) is 6.59. The van der Waals surface area contributed by atoms with Crippen LogP contribution in [-0.4, -0.2) is 43.0 Å². The van der Waals surface area contributed by atoms with Gasteiger partial charge < -0.3 is 9.88 Å². The zero-order chi connectivity index (χ0) is 19.0. The summed E-state index contributed by atoms with van der Waals surface area (Å²) in [6.45, 7) is 2.68. The second kappa shape index (κ2) is 6.74. The first kappa shape index (κ1) is 17.8. The van der Waals surface area contributed by atoms with Gasteiger partial charge in [-0.15, -0.1) is 0 Å². The maximum absolute atomic E-state index is 12.7. The van der Waals surface area contributed by atoms with Crippen molar-refractivity contribution in [3.05, 3.63) is 60.5 Å². The van der Waals surface area contributed by atoms with Crippen LogP contribution in [0, 0.1) is 6.92 Å². The molecule has 0 saturated carbocycles. The Morgan fingerprint density at radius 3 is 2.38 bits per heavy atom. The van der Waals surface area contributed by atoms with Crippen LogP contribution < -0.4 is 16.8 Å². The minimum atomic E-state index is -0.529. The summed E-state index contributed by atoms with van der Waals surface area (Å²) >= 11 is 0. The van der Waals surface area contributed by atoms with Crippen LogP contribution in [0.3, 0.4) is 0 Å². The molecule has 9 heteroatoms. The molecule has 0 aliphatic carbocycles. The fourth-order valence-corrected chi connectivity index (χ4v) is 3.29. The predicted octanol–water partition coefficient (Wildman–Crippen LogP) is -0.504. The maximum Gasteiger partial charge on any atom is 0.331 e. The summed E-state index contributed by atoms with van der Waals surface area (Å²) in [5.74, 6) is 0.337. The Labute approximate surface area is 148 Å². The van der Waals surface area contributed by atoms with Crippen molar-refractivity contribution < 1.29 is 4.79 Å². The van der Waals surface area contributed by atoms with Gasteiger partial charge in [-0.2, -0.15) is 0 Å². The van der Waals surface area contributed by atoms with E-state index < -0.39 is 11.2 Å². The third kappa shape index (κ3) is 3.24. The number of nitrogens with one attached hydrogen (secondary N) is 1. The van der Waals surface area contributed by atoms with Crippen molar-refractivity contribution in [2.24, 2.45) is 14.1 Å². The number of rotatable bonds is 2. The van der Waals surface area contributed by atoms with Crippen molar-refractivity contribution in [3.8, 4) is 0 Å². The Morgan fingerprint density at radius 2 is 1.77 bits per heavy atom. The number of amides is 1. The van der Waals surface area contributed by atoms with Crippen LogP contribution in [0.1, 0.15) is 40.8 Å². The lowest BCUT2D eigenvalue weighted by Gasteiger charge is -2.32. The lowest BCUT2D eigenvalue weighted by Crippen LogP contribution is -2.44. The molecule has 0 atom stereocenters. The number of carbonyl (C=O) groups is 1. The number of aryl methyl sites for hydroxylation is 1. The van der Waals surface area contributed by atoms with Crippen LogP contribution in [0.15, 0.2) is 26.5 Å². The molecule has 0 unspecified atom stereocenters. The third-order valence-corrected chi connectivity index (χ3v) is 4.83. The SMILES string of the molecule is Cc1nc(C2CCN(C(=O)c3cc(=O)n(C)c(=O)n3C)CC2)cc(=O)[nH]1. The molecule has 1 saturated heterocycles.